The van der Waals surface area contributed by atoms with Crippen molar-refractivity contribution in [1.29, 1.82) is 0 Å². The summed E-state index contributed by atoms with van der Waals surface area (Å²) in [4.78, 5) is 33.9. The van der Waals surface area contributed by atoms with Crippen molar-refractivity contribution in [3.05, 3.63) is 36.4 Å². The third-order valence-corrected chi connectivity index (χ3v) is 7.51. The molecule has 2 unspecified atom stereocenters. The maximum absolute atomic E-state index is 13.2. The molecule has 0 spiro atoms. The number of nitrogens with zero attached hydrogens (tertiary/aromatic N) is 6. The summed E-state index contributed by atoms with van der Waals surface area (Å²) in [6.07, 6.45) is 3.94. The van der Waals surface area contributed by atoms with E-state index in [-0.39, 0.29) is 24.2 Å². The molecule has 3 aliphatic rings. The third kappa shape index (κ3) is 4.90. The van der Waals surface area contributed by atoms with Crippen LogP contribution in [0.3, 0.4) is 0 Å². The largest absolute Gasteiger partial charge is 0.497 e. The minimum atomic E-state index is -0.304. The number of piperazine rings is 1. The van der Waals surface area contributed by atoms with E-state index in [1.165, 1.54) is 19.3 Å². The van der Waals surface area contributed by atoms with Crippen molar-refractivity contribution in [1.82, 2.24) is 15.1 Å². The number of hydrogen-bond donors (Lipinski definition) is 0. The minimum Gasteiger partial charge on any atom is -0.497 e. The summed E-state index contributed by atoms with van der Waals surface area (Å²) < 4.78 is 5.20. The molecule has 3 fully saturated rings. The zero-order chi connectivity index (χ0) is 24.4. The van der Waals surface area contributed by atoms with Crippen molar-refractivity contribution in [2.24, 2.45) is 5.92 Å². The fourth-order valence-electron chi connectivity index (χ4n) is 5.38. The molecule has 3 saturated heterocycles. The molecule has 0 N–H and O–H groups in total. The monoisotopic (exact) mass is 478 g/mol. The predicted octanol–water partition coefficient (Wildman–Crippen LogP) is 2.57. The molecule has 2 amide bonds. The zero-order valence-electron chi connectivity index (χ0n) is 20.6. The highest BCUT2D eigenvalue weighted by Crippen LogP contribution is 2.29. The first kappa shape index (κ1) is 23.4. The minimum absolute atomic E-state index is 0.00876. The number of methoxy groups -OCH3 is 1. The number of aromatic nitrogens is 2. The van der Waals surface area contributed by atoms with Crippen LogP contribution in [0.4, 0.5) is 17.3 Å². The van der Waals surface area contributed by atoms with E-state index >= 15 is 0 Å². The molecule has 4 heterocycles. The Hall–Kier alpha value is -3.36. The molecule has 0 aliphatic carbocycles. The Morgan fingerprint density at radius 1 is 0.943 bits per heavy atom. The number of carbonyl (C=O) groups is 2. The van der Waals surface area contributed by atoms with Gasteiger partial charge < -0.3 is 24.3 Å². The van der Waals surface area contributed by atoms with Crippen molar-refractivity contribution in [3.63, 3.8) is 0 Å². The van der Waals surface area contributed by atoms with Crippen molar-refractivity contribution in [2.75, 3.05) is 61.1 Å². The van der Waals surface area contributed by atoms with Crippen LogP contribution in [0.5, 0.6) is 5.75 Å². The van der Waals surface area contributed by atoms with Crippen molar-refractivity contribution in [2.45, 2.75) is 38.6 Å². The second-order valence-corrected chi connectivity index (χ2v) is 9.70. The first-order valence-corrected chi connectivity index (χ1v) is 12.6. The molecule has 0 bridgehead atoms. The molecule has 9 heteroatoms. The molecule has 0 saturated carbocycles. The molecule has 0 radical (unpaired) electrons. The van der Waals surface area contributed by atoms with Gasteiger partial charge in [0, 0.05) is 57.4 Å². The average Bonchev–Trinajstić information content (AvgIpc) is 3.30. The van der Waals surface area contributed by atoms with Crippen LogP contribution in [0.25, 0.3) is 0 Å². The quantitative estimate of drug-likeness (QED) is 0.653. The summed E-state index contributed by atoms with van der Waals surface area (Å²) in [5.74, 6) is 2.29. The first-order chi connectivity index (χ1) is 17.0. The molecule has 9 nitrogen and oxygen atoms in total. The van der Waals surface area contributed by atoms with Gasteiger partial charge in [-0.05, 0) is 62.6 Å². The summed E-state index contributed by atoms with van der Waals surface area (Å²) in [7, 11) is 1.61. The summed E-state index contributed by atoms with van der Waals surface area (Å²) in [6.45, 7) is 6.38. The molecule has 5 rings (SSSR count). The second kappa shape index (κ2) is 10.1. The smallest absolute Gasteiger partial charge is 0.228 e. The fourth-order valence-corrected chi connectivity index (χ4v) is 5.38. The number of benzene rings is 1. The lowest BCUT2D eigenvalue weighted by molar-refractivity contribution is -0.136. The summed E-state index contributed by atoms with van der Waals surface area (Å²) in [5.41, 5.74) is 0.803. The van der Waals surface area contributed by atoms with E-state index in [4.69, 9.17) is 4.74 Å². The van der Waals surface area contributed by atoms with E-state index < -0.39 is 0 Å². The Morgan fingerprint density at radius 3 is 2.31 bits per heavy atom. The van der Waals surface area contributed by atoms with Gasteiger partial charge in [-0.25, -0.2) is 0 Å². The number of rotatable bonds is 5. The lowest BCUT2D eigenvalue weighted by atomic mass is 10.0. The van der Waals surface area contributed by atoms with Gasteiger partial charge in [0.05, 0.1) is 13.0 Å². The molecule has 2 atom stereocenters. The Morgan fingerprint density at radius 2 is 1.66 bits per heavy atom. The highest BCUT2D eigenvalue weighted by atomic mass is 16.5. The van der Waals surface area contributed by atoms with Crippen LogP contribution in [0.2, 0.25) is 0 Å². The number of ether oxygens (including phenoxy) is 1. The van der Waals surface area contributed by atoms with Crippen LogP contribution >= 0.6 is 0 Å². The maximum atomic E-state index is 13.2. The van der Waals surface area contributed by atoms with Crippen molar-refractivity contribution in [3.8, 4) is 5.75 Å². The van der Waals surface area contributed by atoms with Gasteiger partial charge in [0.2, 0.25) is 11.8 Å². The highest BCUT2D eigenvalue weighted by Gasteiger charge is 2.38. The van der Waals surface area contributed by atoms with E-state index in [9.17, 15) is 9.59 Å². The first-order valence-electron chi connectivity index (χ1n) is 12.6. The van der Waals surface area contributed by atoms with Gasteiger partial charge >= 0.3 is 0 Å². The molecule has 2 aromatic rings. The zero-order valence-corrected chi connectivity index (χ0v) is 20.6. The molecular weight excluding hydrogens is 444 g/mol. The van der Waals surface area contributed by atoms with Gasteiger partial charge in [0.25, 0.3) is 0 Å². The highest BCUT2D eigenvalue weighted by molar-refractivity contribution is 6.00. The molecule has 3 aliphatic heterocycles. The number of hydrogen-bond acceptors (Lipinski definition) is 7. The van der Waals surface area contributed by atoms with Gasteiger partial charge in [0.15, 0.2) is 11.6 Å². The molecule has 1 aromatic carbocycles. The summed E-state index contributed by atoms with van der Waals surface area (Å²) in [6, 6.07) is 12.0. The molecular formula is C26H34N6O3. The van der Waals surface area contributed by atoms with Crippen LogP contribution in [0, 0.1) is 5.92 Å². The number of anilines is 3. The molecule has 35 heavy (non-hydrogen) atoms. The van der Waals surface area contributed by atoms with E-state index in [2.05, 4.69) is 33.0 Å². The van der Waals surface area contributed by atoms with Crippen molar-refractivity contribution < 1.29 is 14.3 Å². The second-order valence-electron chi connectivity index (χ2n) is 9.70. The van der Waals surface area contributed by atoms with E-state index in [1.54, 1.807) is 12.0 Å². The van der Waals surface area contributed by atoms with Crippen LogP contribution in [-0.4, -0.2) is 79.3 Å². The predicted molar refractivity (Wildman–Crippen MR) is 135 cm³/mol. The summed E-state index contributed by atoms with van der Waals surface area (Å²) >= 11 is 0. The Balaban J connectivity index is 1.15. The lowest BCUT2D eigenvalue weighted by Gasteiger charge is -2.37. The van der Waals surface area contributed by atoms with Crippen LogP contribution in [0.1, 0.15) is 32.6 Å². The van der Waals surface area contributed by atoms with Crippen molar-refractivity contribution >= 4 is 29.1 Å². The maximum Gasteiger partial charge on any atom is 0.228 e. The topological polar surface area (TPSA) is 82.1 Å². The average molecular weight is 479 g/mol. The van der Waals surface area contributed by atoms with Gasteiger partial charge in [0.1, 0.15) is 5.75 Å². The standard InChI is InChI=1S/C26H34N6O3/c1-19-5-3-4-12-31(19)24-11-10-23(27-28-24)29-13-15-30(16-14-29)26(34)20-17-25(33)32(18-20)21-6-8-22(35-2)9-7-21/h6-11,19-20H,3-5,12-18H2,1-2H3. The SMILES string of the molecule is COc1ccc(N2CC(C(=O)N3CCN(c4ccc(N5CCCCC5C)nn4)CC3)CC2=O)cc1. The third-order valence-electron chi connectivity index (χ3n) is 7.51. The van der Waals surface area contributed by atoms with Crippen LogP contribution in [0.15, 0.2) is 36.4 Å². The van der Waals surface area contributed by atoms with Crippen LogP contribution < -0.4 is 19.4 Å². The number of amides is 2. The molecule has 186 valence electrons. The normalized spacial score (nSPS) is 23.1. The number of carbonyl (C=O) groups excluding carboxylic acids is 2. The van der Waals surface area contributed by atoms with Gasteiger partial charge in [-0.2, -0.15) is 0 Å². The summed E-state index contributed by atoms with van der Waals surface area (Å²) in [5, 5.41) is 9.00. The number of piperidine rings is 1. The Bertz CT molecular complexity index is 1040. The van der Waals surface area contributed by atoms with Crippen LogP contribution in [-0.2, 0) is 9.59 Å². The van der Waals surface area contributed by atoms with E-state index in [1.807, 2.05) is 35.2 Å². The van der Waals surface area contributed by atoms with Gasteiger partial charge in [-0.15, -0.1) is 10.2 Å². The van der Waals surface area contributed by atoms with E-state index in [0.29, 0.717) is 38.8 Å². The Kier molecular flexibility index (Phi) is 6.74. The van der Waals surface area contributed by atoms with E-state index in [0.717, 1.165) is 29.6 Å². The van der Waals surface area contributed by atoms with Gasteiger partial charge in [-0.3, -0.25) is 9.59 Å². The fraction of sp³-hybridized carbons (Fsp3) is 0.538. The lowest BCUT2D eigenvalue weighted by Crippen LogP contribution is -2.51. The van der Waals surface area contributed by atoms with Gasteiger partial charge in [-0.1, -0.05) is 0 Å². The molecule has 1 aromatic heterocycles. The Labute approximate surface area is 206 Å².